The van der Waals surface area contributed by atoms with Gasteiger partial charge in [0, 0.05) is 17.9 Å². The van der Waals surface area contributed by atoms with Crippen molar-refractivity contribution in [2.24, 2.45) is 4.99 Å². The van der Waals surface area contributed by atoms with Crippen LogP contribution in [0, 0.1) is 10.1 Å². The van der Waals surface area contributed by atoms with Gasteiger partial charge >= 0.3 is 0 Å². The summed E-state index contributed by atoms with van der Waals surface area (Å²) in [6.07, 6.45) is -1.16. The maximum absolute atomic E-state index is 10.8. The van der Waals surface area contributed by atoms with Crippen molar-refractivity contribution in [3.63, 3.8) is 0 Å². The van der Waals surface area contributed by atoms with Crippen molar-refractivity contribution in [2.45, 2.75) is 35.7 Å². The highest BCUT2D eigenvalue weighted by molar-refractivity contribution is 7.98. The van der Waals surface area contributed by atoms with Crippen LogP contribution in [0.5, 0.6) is 0 Å². The van der Waals surface area contributed by atoms with Crippen LogP contribution < -0.4 is 5.32 Å². The number of hydrogen-bond donors (Lipinski definition) is 4. The van der Waals surface area contributed by atoms with Gasteiger partial charge in [0.15, 0.2) is 6.23 Å². The molecule has 154 valence electrons. The molecular formula is C17H19N5O6S. The van der Waals surface area contributed by atoms with Crippen LogP contribution in [0.1, 0.15) is 22.9 Å². The van der Waals surface area contributed by atoms with Crippen molar-refractivity contribution in [1.82, 2.24) is 9.55 Å². The maximum Gasteiger partial charge on any atom is 0.269 e. The minimum atomic E-state index is -1.21. The average Bonchev–Trinajstić information content (AvgIpc) is 3.28. The monoisotopic (exact) mass is 421 g/mol. The van der Waals surface area contributed by atoms with Gasteiger partial charge in [-0.25, -0.2) is 4.98 Å². The third-order valence-electron chi connectivity index (χ3n) is 4.81. The van der Waals surface area contributed by atoms with Crippen LogP contribution in [-0.4, -0.2) is 61.1 Å². The molecule has 2 aliphatic heterocycles. The largest absolute Gasteiger partial charge is 0.394 e. The molecule has 0 amide bonds. The predicted molar refractivity (Wildman–Crippen MR) is 104 cm³/mol. The molecule has 29 heavy (non-hydrogen) atoms. The second-order valence-corrected chi connectivity index (χ2v) is 7.69. The zero-order valence-corrected chi connectivity index (χ0v) is 15.8. The number of aliphatic hydroxyl groups excluding tert-OH is 3. The lowest BCUT2D eigenvalue weighted by atomic mass is 10.1. The number of fused-ring (bicyclic) bond motifs is 1. The molecule has 1 saturated heterocycles. The van der Waals surface area contributed by atoms with Crippen molar-refractivity contribution in [2.75, 3.05) is 11.9 Å². The lowest BCUT2D eigenvalue weighted by Gasteiger charge is -2.22. The lowest BCUT2D eigenvalue weighted by Crippen LogP contribution is -2.33. The first-order valence-corrected chi connectivity index (χ1v) is 9.86. The highest BCUT2D eigenvalue weighted by Crippen LogP contribution is 2.40. The molecule has 1 unspecified atom stereocenters. The van der Waals surface area contributed by atoms with Crippen LogP contribution in [0.2, 0.25) is 0 Å². The summed E-state index contributed by atoms with van der Waals surface area (Å²) in [5, 5.41) is 43.0. The van der Waals surface area contributed by atoms with E-state index in [1.165, 1.54) is 36.6 Å². The topological polar surface area (TPSA) is 155 Å². The summed E-state index contributed by atoms with van der Waals surface area (Å²) in [5.41, 5.74) is 1.59. The highest BCUT2D eigenvalue weighted by atomic mass is 32.2. The number of nitrogens with zero attached hydrogens (tertiary/aromatic N) is 4. The number of nitrogens with one attached hydrogen (secondary N) is 1. The molecule has 0 aliphatic carbocycles. The number of non-ortho nitro benzene ring substituents is 1. The number of nitro benzene ring substituents is 1. The van der Waals surface area contributed by atoms with E-state index in [9.17, 15) is 25.4 Å². The van der Waals surface area contributed by atoms with Crippen LogP contribution in [0.25, 0.3) is 0 Å². The van der Waals surface area contributed by atoms with Crippen molar-refractivity contribution in [1.29, 1.82) is 0 Å². The fraction of sp³-hybridized carbons (Fsp3) is 0.412. The molecule has 1 aromatic heterocycles. The summed E-state index contributed by atoms with van der Waals surface area (Å²) in [7, 11) is 0. The molecule has 3 heterocycles. The van der Waals surface area contributed by atoms with E-state index in [0.717, 1.165) is 5.56 Å². The lowest BCUT2D eigenvalue weighted by molar-refractivity contribution is -0.384. The summed E-state index contributed by atoms with van der Waals surface area (Å²) in [4.78, 5) is 19.1. The van der Waals surface area contributed by atoms with Crippen molar-refractivity contribution >= 4 is 29.6 Å². The standard InChI is InChI=1S/C17H19N5O6S/c23-5-11-13(24)14(25)17(28-11)21-8-20-12-15(21)18-7-19-16(12)29-6-9-1-3-10(4-2-9)22(26)27/h1-4,7-8,11,13-14,16-17,23-25H,5-6H2,(H,18,19)/t11-,13-,14-,16?,17-/m1/s1. The molecule has 11 nitrogen and oxygen atoms in total. The fourth-order valence-electron chi connectivity index (χ4n) is 3.26. The molecule has 2 aliphatic rings. The summed E-state index contributed by atoms with van der Waals surface area (Å²) in [5.74, 6) is 1.15. The Labute approximate surface area is 169 Å². The van der Waals surface area contributed by atoms with Crippen molar-refractivity contribution in [3.8, 4) is 0 Å². The Morgan fingerprint density at radius 1 is 1.28 bits per heavy atom. The van der Waals surface area contributed by atoms with E-state index in [1.807, 2.05) is 0 Å². The Morgan fingerprint density at radius 3 is 2.69 bits per heavy atom. The Kier molecular flexibility index (Phi) is 5.52. The molecule has 0 bridgehead atoms. The van der Waals surface area contributed by atoms with Crippen molar-refractivity contribution in [3.05, 3.63) is 52.0 Å². The van der Waals surface area contributed by atoms with Gasteiger partial charge < -0.3 is 25.4 Å². The zero-order chi connectivity index (χ0) is 20.5. The Bertz CT molecular complexity index is 920. The minimum Gasteiger partial charge on any atom is -0.394 e. The molecule has 5 atom stereocenters. The average molecular weight is 421 g/mol. The molecule has 12 heteroatoms. The maximum atomic E-state index is 10.8. The Morgan fingerprint density at radius 2 is 2.03 bits per heavy atom. The van der Waals surface area contributed by atoms with E-state index in [1.54, 1.807) is 16.7 Å². The van der Waals surface area contributed by atoms with E-state index >= 15 is 0 Å². The molecule has 2 aromatic rings. The summed E-state index contributed by atoms with van der Waals surface area (Å²) >= 11 is 1.49. The number of thioether (sulfide) groups is 1. The molecule has 1 aromatic carbocycles. The normalized spacial score (nSPS) is 28.2. The van der Waals surface area contributed by atoms with Gasteiger partial charge in [-0.2, -0.15) is 0 Å². The second kappa shape index (κ2) is 8.08. The number of rotatable bonds is 6. The van der Waals surface area contributed by atoms with Crippen LogP contribution in [-0.2, 0) is 10.5 Å². The van der Waals surface area contributed by atoms with Gasteiger partial charge in [0.1, 0.15) is 35.2 Å². The first kappa shape index (κ1) is 19.8. The molecule has 4 N–H and O–H groups in total. The van der Waals surface area contributed by atoms with Gasteiger partial charge in [-0.05, 0) is 5.56 Å². The van der Waals surface area contributed by atoms with Gasteiger partial charge in [0.05, 0.1) is 24.2 Å². The number of anilines is 1. The molecule has 0 saturated carbocycles. The first-order valence-electron chi connectivity index (χ1n) is 8.82. The number of benzene rings is 1. The smallest absolute Gasteiger partial charge is 0.269 e. The molecule has 4 rings (SSSR count). The Hall–Kier alpha value is -2.51. The van der Waals surface area contributed by atoms with Gasteiger partial charge in [-0.1, -0.05) is 12.1 Å². The SMILES string of the molecule is O=[N+]([O-])c1ccc(CSC2N=CNc3c2ncn3[C@@H]2O[C@H](CO)[C@@H](O)[C@H]2O)cc1. The van der Waals surface area contributed by atoms with Crippen LogP contribution >= 0.6 is 11.8 Å². The minimum absolute atomic E-state index is 0.0400. The number of aliphatic imine (C=N–C) groups is 1. The number of imidazole rings is 1. The molecule has 1 fully saturated rings. The second-order valence-electron chi connectivity index (χ2n) is 6.62. The van der Waals surface area contributed by atoms with E-state index in [0.29, 0.717) is 17.3 Å². The summed E-state index contributed by atoms with van der Waals surface area (Å²) < 4.78 is 7.14. The van der Waals surface area contributed by atoms with Gasteiger partial charge in [0.2, 0.25) is 0 Å². The quantitative estimate of drug-likeness (QED) is 0.391. The fourth-order valence-corrected chi connectivity index (χ4v) is 4.28. The van der Waals surface area contributed by atoms with Gasteiger partial charge in [-0.3, -0.25) is 19.7 Å². The summed E-state index contributed by atoms with van der Waals surface area (Å²) in [6.45, 7) is -0.409. The summed E-state index contributed by atoms with van der Waals surface area (Å²) in [6, 6.07) is 6.33. The van der Waals surface area contributed by atoms with Crippen LogP contribution in [0.15, 0.2) is 35.6 Å². The van der Waals surface area contributed by atoms with E-state index in [-0.39, 0.29) is 11.1 Å². The molecular weight excluding hydrogens is 402 g/mol. The van der Waals surface area contributed by atoms with Crippen LogP contribution in [0.4, 0.5) is 11.5 Å². The van der Waals surface area contributed by atoms with E-state index in [2.05, 4.69) is 15.3 Å². The number of hydrogen-bond acceptors (Lipinski definition) is 10. The first-order chi connectivity index (χ1) is 14.0. The molecule has 0 radical (unpaired) electrons. The van der Waals surface area contributed by atoms with E-state index < -0.39 is 36.1 Å². The molecule has 0 spiro atoms. The third-order valence-corrected chi connectivity index (χ3v) is 5.97. The van der Waals surface area contributed by atoms with Gasteiger partial charge in [0.25, 0.3) is 5.69 Å². The number of aromatic nitrogens is 2. The van der Waals surface area contributed by atoms with Gasteiger partial charge in [-0.15, -0.1) is 11.8 Å². The van der Waals surface area contributed by atoms with Crippen LogP contribution in [0.3, 0.4) is 0 Å². The number of ether oxygens (including phenoxy) is 1. The number of aliphatic hydroxyl groups is 3. The number of nitro groups is 1. The Balaban J connectivity index is 1.48. The predicted octanol–water partition coefficient (Wildman–Crippen LogP) is 0.789. The van der Waals surface area contributed by atoms with E-state index in [4.69, 9.17) is 4.74 Å². The third kappa shape index (κ3) is 3.72. The highest BCUT2D eigenvalue weighted by Gasteiger charge is 2.44. The zero-order valence-electron chi connectivity index (χ0n) is 15.0. The van der Waals surface area contributed by atoms with Crippen molar-refractivity contribution < 1.29 is 25.0 Å².